The summed E-state index contributed by atoms with van der Waals surface area (Å²) in [5, 5.41) is 10.4. The fourth-order valence-electron chi connectivity index (χ4n) is 3.03. The Morgan fingerprint density at radius 3 is 2.96 bits per heavy atom. The van der Waals surface area contributed by atoms with Gasteiger partial charge < -0.3 is 15.0 Å². The fraction of sp³-hybridized carbons (Fsp3) is 0.368. The van der Waals surface area contributed by atoms with Gasteiger partial charge in [0.05, 0.1) is 25.1 Å². The SMILES string of the molecule is COc1cccc(CN2CCC(NC(=O)c3ccnnc3)CCC2=O)c1. The molecule has 1 fully saturated rings. The Kier molecular flexibility index (Phi) is 5.78. The maximum Gasteiger partial charge on any atom is 0.253 e. The number of methoxy groups -OCH3 is 1. The van der Waals surface area contributed by atoms with Gasteiger partial charge in [-0.15, -0.1) is 0 Å². The first-order valence-electron chi connectivity index (χ1n) is 8.64. The Hall–Kier alpha value is -2.96. The second kappa shape index (κ2) is 8.42. The smallest absolute Gasteiger partial charge is 0.253 e. The van der Waals surface area contributed by atoms with Gasteiger partial charge >= 0.3 is 0 Å². The van der Waals surface area contributed by atoms with E-state index in [4.69, 9.17) is 4.74 Å². The van der Waals surface area contributed by atoms with Crippen LogP contribution in [0, 0.1) is 0 Å². The Bertz CT molecular complexity index is 766. The van der Waals surface area contributed by atoms with Crippen LogP contribution < -0.4 is 10.1 Å². The Morgan fingerprint density at radius 1 is 1.31 bits per heavy atom. The summed E-state index contributed by atoms with van der Waals surface area (Å²) >= 11 is 0. The first kappa shape index (κ1) is 17.8. The van der Waals surface area contributed by atoms with Crippen LogP contribution in [0.15, 0.2) is 42.7 Å². The number of ether oxygens (including phenoxy) is 1. The number of rotatable bonds is 5. The number of carbonyl (C=O) groups excluding carboxylic acids is 2. The summed E-state index contributed by atoms with van der Waals surface area (Å²) in [5.74, 6) is 0.703. The Labute approximate surface area is 152 Å². The topological polar surface area (TPSA) is 84.4 Å². The van der Waals surface area contributed by atoms with Crippen molar-refractivity contribution in [3.8, 4) is 5.75 Å². The molecule has 1 N–H and O–H groups in total. The predicted octanol–water partition coefficient (Wildman–Crippen LogP) is 1.80. The van der Waals surface area contributed by atoms with Gasteiger partial charge in [-0.3, -0.25) is 9.59 Å². The summed E-state index contributed by atoms with van der Waals surface area (Å²) in [5.41, 5.74) is 1.51. The van der Waals surface area contributed by atoms with Crippen molar-refractivity contribution >= 4 is 11.8 Å². The highest BCUT2D eigenvalue weighted by Crippen LogP contribution is 2.18. The largest absolute Gasteiger partial charge is 0.497 e. The van der Waals surface area contributed by atoms with Crippen LogP contribution in [0.2, 0.25) is 0 Å². The molecule has 0 spiro atoms. The van der Waals surface area contributed by atoms with E-state index in [-0.39, 0.29) is 17.9 Å². The van der Waals surface area contributed by atoms with Gasteiger partial charge in [0.15, 0.2) is 0 Å². The van der Waals surface area contributed by atoms with Crippen LogP contribution in [0.1, 0.15) is 35.2 Å². The second-order valence-corrected chi connectivity index (χ2v) is 6.30. The van der Waals surface area contributed by atoms with Gasteiger partial charge in [0.25, 0.3) is 5.91 Å². The molecule has 136 valence electrons. The van der Waals surface area contributed by atoms with E-state index in [1.807, 2.05) is 29.2 Å². The molecule has 1 aliphatic heterocycles. The predicted molar refractivity (Wildman–Crippen MR) is 95.5 cm³/mol. The minimum Gasteiger partial charge on any atom is -0.497 e. The standard InChI is InChI=1S/C19H22N4O3/c1-26-17-4-2-3-14(11-17)13-23-10-8-16(5-6-18(23)24)22-19(25)15-7-9-20-21-12-15/h2-4,7,9,11-12,16H,5-6,8,10,13H2,1H3,(H,22,25). The van der Waals surface area contributed by atoms with Crippen molar-refractivity contribution in [1.82, 2.24) is 20.4 Å². The lowest BCUT2D eigenvalue weighted by atomic mass is 10.1. The molecule has 3 rings (SSSR count). The second-order valence-electron chi connectivity index (χ2n) is 6.30. The van der Waals surface area contributed by atoms with E-state index in [0.29, 0.717) is 31.5 Å². The minimum atomic E-state index is -0.182. The van der Waals surface area contributed by atoms with Gasteiger partial charge in [-0.1, -0.05) is 12.1 Å². The molecule has 7 nitrogen and oxygen atoms in total. The monoisotopic (exact) mass is 354 g/mol. The average molecular weight is 354 g/mol. The highest BCUT2D eigenvalue weighted by Gasteiger charge is 2.24. The first-order valence-corrected chi connectivity index (χ1v) is 8.64. The van der Waals surface area contributed by atoms with Gasteiger partial charge in [-0.25, -0.2) is 0 Å². The Balaban J connectivity index is 1.59. The zero-order valence-corrected chi connectivity index (χ0v) is 14.7. The van der Waals surface area contributed by atoms with E-state index in [1.165, 1.54) is 12.4 Å². The van der Waals surface area contributed by atoms with Crippen molar-refractivity contribution in [2.24, 2.45) is 0 Å². The zero-order valence-electron chi connectivity index (χ0n) is 14.7. The molecule has 1 unspecified atom stereocenters. The van der Waals surface area contributed by atoms with E-state index in [0.717, 1.165) is 17.7 Å². The van der Waals surface area contributed by atoms with E-state index in [9.17, 15) is 9.59 Å². The van der Waals surface area contributed by atoms with E-state index in [1.54, 1.807) is 13.2 Å². The number of carbonyl (C=O) groups is 2. The third-order valence-corrected chi connectivity index (χ3v) is 4.50. The lowest BCUT2D eigenvalue weighted by Crippen LogP contribution is -2.36. The molecule has 1 aromatic carbocycles. The molecule has 0 aliphatic carbocycles. The van der Waals surface area contributed by atoms with E-state index >= 15 is 0 Å². The van der Waals surface area contributed by atoms with Crippen LogP contribution in [-0.4, -0.2) is 46.6 Å². The molecular formula is C19H22N4O3. The highest BCUT2D eigenvalue weighted by atomic mass is 16.5. The molecule has 0 bridgehead atoms. The van der Waals surface area contributed by atoms with E-state index in [2.05, 4.69) is 15.5 Å². The molecule has 26 heavy (non-hydrogen) atoms. The quantitative estimate of drug-likeness (QED) is 0.885. The van der Waals surface area contributed by atoms with Gasteiger partial charge in [-0.05, 0) is 36.6 Å². The lowest BCUT2D eigenvalue weighted by Gasteiger charge is -2.21. The molecule has 0 radical (unpaired) electrons. The number of nitrogens with zero attached hydrogens (tertiary/aromatic N) is 3. The molecule has 7 heteroatoms. The van der Waals surface area contributed by atoms with Gasteiger partial charge in [0.1, 0.15) is 5.75 Å². The van der Waals surface area contributed by atoms with Crippen molar-refractivity contribution in [3.05, 3.63) is 53.9 Å². The van der Waals surface area contributed by atoms with Crippen LogP contribution >= 0.6 is 0 Å². The van der Waals surface area contributed by atoms with Crippen LogP contribution in [0.25, 0.3) is 0 Å². The van der Waals surface area contributed by atoms with Crippen LogP contribution in [0.3, 0.4) is 0 Å². The first-order chi connectivity index (χ1) is 12.7. The summed E-state index contributed by atoms with van der Waals surface area (Å²) in [6.45, 7) is 1.15. The maximum atomic E-state index is 12.4. The summed E-state index contributed by atoms with van der Waals surface area (Å²) in [6, 6.07) is 9.31. The lowest BCUT2D eigenvalue weighted by molar-refractivity contribution is -0.131. The number of hydrogen-bond acceptors (Lipinski definition) is 5. The molecule has 1 aliphatic rings. The summed E-state index contributed by atoms with van der Waals surface area (Å²) in [7, 11) is 1.63. The highest BCUT2D eigenvalue weighted by molar-refractivity contribution is 5.94. The van der Waals surface area contributed by atoms with Gasteiger partial charge in [-0.2, -0.15) is 10.2 Å². The normalized spacial score (nSPS) is 17.5. The maximum absolute atomic E-state index is 12.4. The third kappa shape index (κ3) is 4.56. The van der Waals surface area contributed by atoms with Crippen molar-refractivity contribution in [2.75, 3.05) is 13.7 Å². The summed E-state index contributed by atoms with van der Waals surface area (Å²) in [6.07, 6.45) is 4.70. The fourth-order valence-corrected chi connectivity index (χ4v) is 3.03. The Morgan fingerprint density at radius 2 is 2.19 bits per heavy atom. The number of nitrogens with one attached hydrogen (secondary N) is 1. The molecule has 1 saturated heterocycles. The molecular weight excluding hydrogens is 332 g/mol. The number of likely N-dealkylation sites (tertiary alicyclic amines) is 1. The van der Waals surface area contributed by atoms with Crippen molar-refractivity contribution in [2.45, 2.75) is 31.8 Å². The van der Waals surface area contributed by atoms with Crippen molar-refractivity contribution in [3.63, 3.8) is 0 Å². The zero-order chi connectivity index (χ0) is 18.4. The summed E-state index contributed by atoms with van der Waals surface area (Å²) in [4.78, 5) is 26.5. The molecule has 2 heterocycles. The van der Waals surface area contributed by atoms with Crippen LogP contribution in [0.5, 0.6) is 5.75 Å². The molecule has 0 saturated carbocycles. The molecule has 1 aromatic heterocycles. The number of amides is 2. The molecule has 2 amide bonds. The molecule has 1 atom stereocenters. The van der Waals surface area contributed by atoms with E-state index < -0.39 is 0 Å². The number of hydrogen-bond donors (Lipinski definition) is 1. The number of aromatic nitrogens is 2. The van der Waals surface area contributed by atoms with Crippen molar-refractivity contribution in [1.29, 1.82) is 0 Å². The minimum absolute atomic E-state index is 0.0325. The van der Waals surface area contributed by atoms with Gasteiger partial charge in [0.2, 0.25) is 5.91 Å². The van der Waals surface area contributed by atoms with Crippen LogP contribution in [0.4, 0.5) is 0 Å². The molecule has 2 aromatic rings. The van der Waals surface area contributed by atoms with Crippen LogP contribution in [-0.2, 0) is 11.3 Å². The average Bonchev–Trinajstić information content (AvgIpc) is 2.85. The third-order valence-electron chi connectivity index (χ3n) is 4.50. The van der Waals surface area contributed by atoms with Gasteiger partial charge in [0, 0.05) is 25.6 Å². The van der Waals surface area contributed by atoms with Crippen molar-refractivity contribution < 1.29 is 14.3 Å². The number of benzene rings is 1. The summed E-state index contributed by atoms with van der Waals surface area (Å²) < 4.78 is 5.24.